The van der Waals surface area contributed by atoms with Crippen LogP contribution < -0.4 is 5.73 Å². The molecule has 1 heterocycles. The fourth-order valence-corrected chi connectivity index (χ4v) is 2.04. The summed E-state index contributed by atoms with van der Waals surface area (Å²) >= 11 is 6.14. The Morgan fingerprint density at radius 3 is 2.71 bits per heavy atom. The third kappa shape index (κ3) is 2.03. The fourth-order valence-electron chi connectivity index (χ4n) is 1.74. The second-order valence-corrected chi connectivity index (χ2v) is 4.26. The maximum Gasteiger partial charge on any atom is 0.267 e. The van der Waals surface area contributed by atoms with E-state index in [9.17, 15) is 4.79 Å². The van der Waals surface area contributed by atoms with Gasteiger partial charge >= 0.3 is 0 Å². The van der Waals surface area contributed by atoms with E-state index in [1.807, 2.05) is 19.1 Å². The van der Waals surface area contributed by atoms with Gasteiger partial charge < -0.3 is 5.73 Å². The summed E-state index contributed by atoms with van der Waals surface area (Å²) in [7, 11) is 0. The van der Waals surface area contributed by atoms with Gasteiger partial charge in [-0.15, -0.1) is 0 Å². The van der Waals surface area contributed by atoms with Gasteiger partial charge in [-0.2, -0.15) is 5.10 Å². The van der Waals surface area contributed by atoms with Crippen LogP contribution in [-0.2, 0) is 0 Å². The van der Waals surface area contributed by atoms with Crippen molar-refractivity contribution in [2.45, 2.75) is 13.8 Å². The molecule has 0 fully saturated rings. The molecule has 1 aromatic heterocycles. The molecule has 2 aromatic rings. The van der Waals surface area contributed by atoms with E-state index >= 15 is 0 Å². The summed E-state index contributed by atoms with van der Waals surface area (Å²) in [5.41, 5.74) is 8.00. The monoisotopic (exact) mass is 249 g/mol. The third-order valence-corrected chi connectivity index (χ3v) is 2.79. The zero-order valence-electron chi connectivity index (χ0n) is 9.57. The van der Waals surface area contributed by atoms with Crippen molar-refractivity contribution < 1.29 is 4.79 Å². The molecule has 0 spiro atoms. The van der Waals surface area contributed by atoms with E-state index in [0.717, 1.165) is 11.3 Å². The molecular formula is C12H12ClN3O. The predicted molar refractivity (Wildman–Crippen MR) is 66.6 cm³/mol. The molecule has 0 aliphatic rings. The number of hydrogen-bond donors (Lipinski definition) is 1. The van der Waals surface area contributed by atoms with Crippen LogP contribution in [0.5, 0.6) is 0 Å². The van der Waals surface area contributed by atoms with Gasteiger partial charge in [0.05, 0.1) is 16.4 Å². The van der Waals surface area contributed by atoms with Gasteiger partial charge in [0.15, 0.2) is 0 Å². The van der Waals surface area contributed by atoms with Crippen LogP contribution in [0.25, 0.3) is 5.69 Å². The van der Waals surface area contributed by atoms with E-state index < -0.39 is 5.91 Å². The smallest absolute Gasteiger partial charge is 0.267 e. The molecule has 17 heavy (non-hydrogen) atoms. The van der Waals surface area contributed by atoms with E-state index in [1.54, 1.807) is 19.1 Å². The molecule has 0 radical (unpaired) electrons. The highest BCUT2D eigenvalue weighted by Gasteiger charge is 2.15. The number of aromatic nitrogens is 2. The van der Waals surface area contributed by atoms with Gasteiger partial charge in [0.2, 0.25) is 0 Å². The van der Waals surface area contributed by atoms with E-state index in [4.69, 9.17) is 17.3 Å². The number of benzene rings is 1. The summed E-state index contributed by atoms with van der Waals surface area (Å²) < 4.78 is 1.50. The van der Waals surface area contributed by atoms with Gasteiger partial charge in [-0.25, -0.2) is 4.68 Å². The lowest BCUT2D eigenvalue weighted by Crippen LogP contribution is -2.17. The number of nitrogens with two attached hydrogens (primary N) is 1. The van der Waals surface area contributed by atoms with Crippen molar-refractivity contribution in [2.24, 2.45) is 5.73 Å². The Hall–Kier alpha value is -1.81. The first-order valence-corrected chi connectivity index (χ1v) is 5.50. The van der Waals surface area contributed by atoms with Crippen LogP contribution in [0.3, 0.4) is 0 Å². The molecule has 0 bridgehead atoms. The molecule has 0 saturated heterocycles. The van der Waals surface area contributed by atoms with Gasteiger partial charge in [0, 0.05) is 0 Å². The van der Waals surface area contributed by atoms with E-state index in [-0.39, 0.29) is 0 Å². The van der Waals surface area contributed by atoms with Crippen molar-refractivity contribution in [1.29, 1.82) is 0 Å². The van der Waals surface area contributed by atoms with Gasteiger partial charge in [-0.3, -0.25) is 4.79 Å². The third-order valence-electron chi connectivity index (χ3n) is 2.48. The van der Waals surface area contributed by atoms with Crippen molar-refractivity contribution in [3.63, 3.8) is 0 Å². The highest BCUT2D eigenvalue weighted by molar-refractivity contribution is 6.32. The number of carbonyl (C=O) groups is 1. The molecule has 4 nitrogen and oxygen atoms in total. The minimum Gasteiger partial charge on any atom is -0.364 e. The summed E-state index contributed by atoms with van der Waals surface area (Å²) in [6.07, 6.45) is 0. The molecule has 1 aromatic carbocycles. The van der Waals surface area contributed by atoms with Gasteiger partial charge in [0.25, 0.3) is 5.91 Å². The SMILES string of the molecule is Cc1cc(C(N)=O)n(-c2c(C)cccc2Cl)n1. The van der Waals surface area contributed by atoms with Crippen LogP contribution in [0, 0.1) is 13.8 Å². The highest BCUT2D eigenvalue weighted by Crippen LogP contribution is 2.25. The molecule has 88 valence electrons. The molecular weight excluding hydrogens is 238 g/mol. The molecule has 0 aliphatic heterocycles. The van der Waals surface area contributed by atoms with Crippen LogP contribution in [0.2, 0.25) is 5.02 Å². The lowest BCUT2D eigenvalue weighted by Gasteiger charge is -2.10. The van der Waals surface area contributed by atoms with Crippen molar-refractivity contribution in [3.8, 4) is 5.69 Å². The van der Waals surface area contributed by atoms with Gasteiger partial charge in [-0.05, 0) is 31.5 Å². The normalized spacial score (nSPS) is 10.5. The maximum atomic E-state index is 11.3. The second-order valence-electron chi connectivity index (χ2n) is 3.85. The number of primary amides is 1. The molecule has 0 unspecified atom stereocenters. The Kier molecular flexibility index (Phi) is 2.90. The Balaban J connectivity index is 2.72. The minimum atomic E-state index is -0.523. The average Bonchev–Trinajstić information content (AvgIpc) is 2.60. The summed E-state index contributed by atoms with van der Waals surface area (Å²) in [5.74, 6) is -0.523. The van der Waals surface area contributed by atoms with E-state index in [0.29, 0.717) is 16.4 Å². The summed E-state index contributed by atoms with van der Waals surface area (Å²) in [4.78, 5) is 11.3. The number of carbonyl (C=O) groups excluding carboxylic acids is 1. The Bertz CT molecular complexity index is 569. The van der Waals surface area contributed by atoms with Gasteiger partial charge in [-0.1, -0.05) is 23.7 Å². The lowest BCUT2D eigenvalue weighted by molar-refractivity contribution is 0.0993. The highest BCUT2D eigenvalue weighted by atomic mass is 35.5. The summed E-state index contributed by atoms with van der Waals surface area (Å²) in [5, 5.41) is 4.79. The van der Waals surface area contributed by atoms with Crippen LogP contribution in [-0.4, -0.2) is 15.7 Å². The second kappa shape index (κ2) is 4.22. The predicted octanol–water partition coefficient (Wildman–Crippen LogP) is 2.24. The number of hydrogen-bond acceptors (Lipinski definition) is 2. The Morgan fingerprint density at radius 1 is 1.41 bits per heavy atom. The zero-order chi connectivity index (χ0) is 12.6. The van der Waals surface area contributed by atoms with Crippen LogP contribution in [0.1, 0.15) is 21.7 Å². The van der Waals surface area contributed by atoms with Crippen molar-refractivity contribution >= 4 is 17.5 Å². The first-order valence-electron chi connectivity index (χ1n) is 5.12. The average molecular weight is 250 g/mol. The molecule has 0 saturated carbocycles. The standard InChI is InChI=1S/C12H12ClN3O/c1-7-4-3-5-9(13)11(7)16-10(12(14)17)6-8(2)15-16/h3-6H,1-2H3,(H2,14,17). The van der Waals surface area contributed by atoms with E-state index in [2.05, 4.69) is 5.10 Å². The molecule has 5 heteroatoms. The van der Waals surface area contributed by atoms with Crippen molar-refractivity contribution in [2.75, 3.05) is 0 Å². The first-order chi connectivity index (χ1) is 8.00. The number of amides is 1. The van der Waals surface area contributed by atoms with Crippen molar-refractivity contribution in [3.05, 3.63) is 46.2 Å². The van der Waals surface area contributed by atoms with Crippen LogP contribution in [0.4, 0.5) is 0 Å². The number of aryl methyl sites for hydroxylation is 2. The van der Waals surface area contributed by atoms with Crippen molar-refractivity contribution in [1.82, 2.24) is 9.78 Å². The van der Waals surface area contributed by atoms with Crippen LogP contribution >= 0.6 is 11.6 Å². The number of halogens is 1. The van der Waals surface area contributed by atoms with Crippen LogP contribution in [0.15, 0.2) is 24.3 Å². The lowest BCUT2D eigenvalue weighted by atomic mass is 10.2. The molecule has 0 atom stereocenters. The quantitative estimate of drug-likeness (QED) is 0.887. The Morgan fingerprint density at radius 2 is 2.12 bits per heavy atom. The molecule has 2 rings (SSSR count). The molecule has 0 aliphatic carbocycles. The van der Waals surface area contributed by atoms with Gasteiger partial charge in [0.1, 0.15) is 5.69 Å². The molecule has 2 N–H and O–H groups in total. The summed E-state index contributed by atoms with van der Waals surface area (Å²) in [6.45, 7) is 3.71. The minimum absolute atomic E-state index is 0.332. The largest absolute Gasteiger partial charge is 0.364 e. The number of rotatable bonds is 2. The topological polar surface area (TPSA) is 60.9 Å². The zero-order valence-corrected chi connectivity index (χ0v) is 10.3. The Labute approximate surface area is 104 Å². The number of para-hydroxylation sites is 1. The number of nitrogens with zero attached hydrogens (tertiary/aromatic N) is 2. The molecule has 1 amide bonds. The maximum absolute atomic E-state index is 11.3. The fraction of sp³-hybridized carbons (Fsp3) is 0.167. The van der Waals surface area contributed by atoms with E-state index in [1.165, 1.54) is 4.68 Å². The summed E-state index contributed by atoms with van der Waals surface area (Å²) in [6, 6.07) is 7.15. The first kappa shape index (κ1) is 11.7.